The number of likely N-dealkylation sites (N-methyl/N-ethyl adjacent to an activating group) is 1. The van der Waals surface area contributed by atoms with Gasteiger partial charge in [0.2, 0.25) is 0 Å². The van der Waals surface area contributed by atoms with Crippen LogP contribution in [0.3, 0.4) is 0 Å². The fourth-order valence-corrected chi connectivity index (χ4v) is 3.60. The third-order valence-corrected chi connectivity index (χ3v) is 5.03. The molecule has 4 rings (SSSR count). The van der Waals surface area contributed by atoms with Crippen molar-refractivity contribution >= 4 is 5.65 Å². The Morgan fingerprint density at radius 3 is 2.76 bits per heavy atom. The van der Waals surface area contributed by atoms with E-state index >= 15 is 0 Å². The van der Waals surface area contributed by atoms with Gasteiger partial charge in [0.05, 0.1) is 11.9 Å². The van der Waals surface area contributed by atoms with E-state index in [-0.39, 0.29) is 0 Å². The van der Waals surface area contributed by atoms with Crippen molar-refractivity contribution in [3.8, 4) is 6.07 Å². The zero-order chi connectivity index (χ0) is 17.4. The van der Waals surface area contributed by atoms with E-state index in [2.05, 4.69) is 64.5 Å². The maximum Gasteiger partial charge on any atom is 0.153 e. The Morgan fingerprint density at radius 1 is 1.28 bits per heavy atom. The van der Waals surface area contributed by atoms with E-state index in [1.807, 2.05) is 16.1 Å². The second-order valence-electron chi connectivity index (χ2n) is 6.89. The van der Waals surface area contributed by atoms with Crippen molar-refractivity contribution in [1.29, 1.82) is 5.26 Å². The average Bonchev–Trinajstić information content (AvgIpc) is 3.13. The number of aryl methyl sites for hydroxylation is 1. The SMILES string of the molecule is CN(Cc1ccccc1)C1CN(Cc2cn(C)c3c(C#N)cnn23)C1. The van der Waals surface area contributed by atoms with Crippen LogP contribution in [0.2, 0.25) is 0 Å². The van der Waals surface area contributed by atoms with Gasteiger partial charge in [-0.25, -0.2) is 4.52 Å². The zero-order valence-corrected chi connectivity index (χ0v) is 14.6. The molecule has 1 aliphatic rings. The van der Waals surface area contributed by atoms with E-state index in [9.17, 15) is 5.26 Å². The van der Waals surface area contributed by atoms with E-state index in [1.165, 1.54) is 5.56 Å². The Hall–Kier alpha value is -2.62. The molecule has 1 fully saturated rings. The van der Waals surface area contributed by atoms with Crippen LogP contribution in [-0.4, -0.2) is 50.2 Å². The molecule has 0 amide bonds. The topological polar surface area (TPSA) is 52.5 Å². The fraction of sp³-hybridized carbons (Fsp3) is 0.368. The van der Waals surface area contributed by atoms with Crippen molar-refractivity contribution in [2.24, 2.45) is 7.05 Å². The minimum Gasteiger partial charge on any atom is -0.333 e. The van der Waals surface area contributed by atoms with Gasteiger partial charge in [0.15, 0.2) is 5.65 Å². The molecule has 0 unspecified atom stereocenters. The quantitative estimate of drug-likeness (QED) is 0.715. The van der Waals surface area contributed by atoms with Crippen molar-refractivity contribution in [1.82, 2.24) is 24.0 Å². The van der Waals surface area contributed by atoms with Gasteiger partial charge in [-0.05, 0) is 12.6 Å². The third kappa shape index (κ3) is 2.93. The molecule has 0 spiro atoms. The lowest BCUT2D eigenvalue weighted by Gasteiger charge is -2.44. The van der Waals surface area contributed by atoms with Crippen LogP contribution in [0.15, 0.2) is 42.7 Å². The molecule has 6 nitrogen and oxygen atoms in total. The van der Waals surface area contributed by atoms with Crippen molar-refractivity contribution in [2.75, 3.05) is 20.1 Å². The lowest BCUT2D eigenvalue weighted by atomic mass is 10.1. The van der Waals surface area contributed by atoms with Crippen LogP contribution < -0.4 is 0 Å². The minimum absolute atomic E-state index is 0.590. The van der Waals surface area contributed by atoms with Crippen LogP contribution in [0.5, 0.6) is 0 Å². The predicted molar refractivity (Wildman–Crippen MR) is 95.9 cm³/mol. The molecule has 1 saturated heterocycles. The molecule has 0 radical (unpaired) electrons. The first kappa shape index (κ1) is 15.9. The molecule has 3 heterocycles. The second-order valence-corrected chi connectivity index (χ2v) is 6.89. The molecule has 0 N–H and O–H groups in total. The van der Waals surface area contributed by atoms with E-state index < -0.39 is 0 Å². The molecular formula is C19H22N6. The predicted octanol–water partition coefficient (Wildman–Crippen LogP) is 1.86. The Bertz CT molecular complexity index is 911. The summed E-state index contributed by atoms with van der Waals surface area (Å²) in [6.07, 6.45) is 3.72. The van der Waals surface area contributed by atoms with Crippen molar-refractivity contribution in [3.63, 3.8) is 0 Å². The lowest BCUT2D eigenvalue weighted by Crippen LogP contribution is -2.57. The van der Waals surface area contributed by atoms with Crippen LogP contribution in [-0.2, 0) is 20.1 Å². The van der Waals surface area contributed by atoms with E-state index in [4.69, 9.17) is 0 Å². The van der Waals surface area contributed by atoms with Crippen LogP contribution in [0, 0.1) is 11.3 Å². The Kier molecular flexibility index (Phi) is 4.04. The van der Waals surface area contributed by atoms with Gasteiger partial charge in [0.25, 0.3) is 0 Å². The Balaban J connectivity index is 1.37. The number of imidazole rings is 1. The number of hydrogen-bond acceptors (Lipinski definition) is 4. The number of aromatic nitrogens is 3. The highest BCUT2D eigenvalue weighted by Crippen LogP contribution is 2.21. The first-order valence-corrected chi connectivity index (χ1v) is 8.54. The number of nitriles is 1. The average molecular weight is 334 g/mol. The molecule has 25 heavy (non-hydrogen) atoms. The first-order valence-electron chi connectivity index (χ1n) is 8.54. The Morgan fingerprint density at radius 2 is 2.04 bits per heavy atom. The van der Waals surface area contributed by atoms with Crippen LogP contribution in [0.25, 0.3) is 5.65 Å². The van der Waals surface area contributed by atoms with E-state index in [0.717, 1.165) is 37.5 Å². The van der Waals surface area contributed by atoms with Gasteiger partial charge >= 0.3 is 0 Å². The van der Waals surface area contributed by atoms with Crippen LogP contribution in [0.4, 0.5) is 0 Å². The molecule has 2 aromatic heterocycles. The summed E-state index contributed by atoms with van der Waals surface area (Å²) in [6, 6.07) is 13.4. The van der Waals surface area contributed by atoms with Crippen molar-refractivity contribution < 1.29 is 0 Å². The summed E-state index contributed by atoms with van der Waals surface area (Å²) in [4.78, 5) is 4.85. The number of likely N-dealkylation sites (tertiary alicyclic amines) is 1. The highest BCUT2D eigenvalue weighted by Gasteiger charge is 2.30. The molecular weight excluding hydrogens is 312 g/mol. The Labute approximate surface area is 147 Å². The number of benzene rings is 1. The second kappa shape index (κ2) is 6.36. The lowest BCUT2D eigenvalue weighted by molar-refractivity contribution is 0.0382. The van der Waals surface area contributed by atoms with Gasteiger partial charge in [-0.1, -0.05) is 30.3 Å². The maximum absolute atomic E-state index is 9.18. The van der Waals surface area contributed by atoms with Crippen LogP contribution in [0.1, 0.15) is 16.8 Å². The van der Waals surface area contributed by atoms with Gasteiger partial charge in [-0.3, -0.25) is 9.80 Å². The molecule has 0 bridgehead atoms. The van der Waals surface area contributed by atoms with Gasteiger partial charge in [0, 0.05) is 45.5 Å². The summed E-state index contributed by atoms with van der Waals surface area (Å²) in [5.74, 6) is 0. The highest BCUT2D eigenvalue weighted by molar-refractivity contribution is 5.56. The molecule has 6 heteroatoms. The molecule has 0 aliphatic carbocycles. The summed E-state index contributed by atoms with van der Waals surface area (Å²) in [6.45, 7) is 3.97. The smallest absolute Gasteiger partial charge is 0.153 e. The highest BCUT2D eigenvalue weighted by atomic mass is 15.3. The fourth-order valence-electron chi connectivity index (χ4n) is 3.60. The van der Waals surface area contributed by atoms with Gasteiger partial charge in [0.1, 0.15) is 11.6 Å². The minimum atomic E-state index is 0.590. The molecule has 1 aliphatic heterocycles. The van der Waals surface area contributed by atoms with Crippen LogP contribution >= 0.6 is 0 Å². The third-order valence-electron chi connectivity index (χ3n) is 5.03. The van der Waals surface area contributed by atoms with Gasteiger partial charge < -0.3 is 4.57 Å². The van der Waals surface area contributed by atoms with E-state index in [0.29, 0.717) is 11.6 Å². The molecule has 3 aromatic rings. The largest absolute Gasteiger partial charge is 0.333 e. The normalized spacial score (nSPS) is 15.6. The standard InChI is InChI=1S/C19H22N6/c1-22(10-15-6-4-3-5-7-15)17-12-24(13-17)14-18-11-23(2)19-16(8-20)9-21-25(18)19/h3-7,9,11,17H,10,12-14H2,1-2H3. The number of hydrogen-bond donors (Lipinski definition) is 0. The molecule has 0 atom stereocenters. The number of fused-ring (bicyclic) bond motifs is 1. The summed E-state index contributed by atoms with van der Waals surface area (Å²) in [5, 5.41) is 13.5. The zero-order valence-electron chi connectivity index (χ0n) is 14.6. The van der Waals surface area contributed by atoms with Gasteiger partial charge in [-0.2, -0.15) is 10.4 Å². The monoisotopic (exact) mass is 334 g/mol. The first-order chi connectivity index (χ1) is 12.2. The van der Waals surface area contributed by atoms with Crippen molar-refractivity contribution in [2.45, 2.75) is 19.1 Å². The summed E-state index contributed by atoms with van der Waals surface area (Å²) in [5.41, 5.74) is 3.98. The molecule has 0 saturated carbocycles. The van der Waals surface area contributed by atoms with E-state index in [1.54, 1.807) is 6.20 Å². The summed E-state index contributed by atoms with van der Waals surface area (Å²) >= 11 is 0. The number of nitrogens with zero attached hydrogens (tertiary/aromatic N) is 6. The van der Waals surface area contributed by atoms with Crippen molar-refractivity contribution in [3.05, 3.63) is 59.5 Å². The summed E-state index contributed by atoms with van der Waals surface area (Å²) in [7, 11) is 4.16. The molecule has 1 aromatic carbocycles. The molecule has 128 valence electrons. The maximum atomic E-state index is 9.18. The summed E-state index contributed by atoms with van der Waals surface area (Å²) < 4.78 is 3.87. The van der Waals surface area contributed by atoms with Gasteiger partial charge in [-0.15, -0.1) is 0 Å². The number of rotatable bonds is 5.